The predicted octanol–water partition coefficient (Wildman–Crippen LogP) is 3.62. The van der Waals surface area contributed by atoms with Crippen molar-refractivity contribution in [1.29, 1.82) is 5.41 Å². The van der Waals surface area contributed by atoms with Gasteiger partial charge < -0.3 is 10.1 Å². The lowest BCUT2D eigenvalue weighted by Gasteiger charge is -2.04. The van der Waals surface area contributed by atoms with Gasteiger partial charge in [-0.3, -0.25) is 10.2 Å². The van der Waals surface area contributed by atoms with Crippen LogP contribution in [0.15, 0.2) is 60.7 Å². The number of benzene rings is 2. The van der Waals surface area contributed by atoms with Crippen molar-refractivity contribution < 1.29 is 9.90 Å². The number of aromatic hydroxyl groups is 1. The van der Waals surface area contributed by atoms with E-state index in [-0.39, 0.29) is 22.7 Å². The van der Waals surface area contributed by atoms with Gasteiger partial charge in [-0.15, -0.1) is 0 Å². The second kappa shape index (κ2) is 5.69. The monoisotopic (exact) mass is 290 g/mol. The van der Waals surface area contributed by atoms with Crippen molar-refractivity contribution in [3.63, 3.8) is 0 Å². The molecule has 108 valence electrons. The summed E-state index contributed by atoms with van der Waals surface area (Å²) in [6.45, 7) is 0. The molecule has 0 radical (unpaired) electrons. The molecule has 1 aromatic heterocycles. The quantitative estimate of drug-likeness (QED) is 0.507. The van der Waals surface area contributed by atoms with Gasteiger partial charge in [0.05, 0.1) is 22.5 Å². The van der Waals surface area contributed by atoms with E-state index in [0.29, 0.717) is 17.5 Å². The number of aromatic amines is 1. The number of hydrogen-bond acceptors (Lipinski definition) is 3. The first-order valence-corrected chi connectivity index (χ1v) is 6.82. The van der Waals surface area contributed by atoms with Gasteiger partial charge in [0.1, 0.15) is 0 Å². The van der Waals surface area contributed by atoms with Crippen LogP contribution < -0.4 is 0 Å². The lowest BCUT2D eigenvalue weighted by Crippen LogP contribution is -2.03. The first-order chi connectivity index (χ1) is 10.7. The molecule has 0 atom stereocenters. The van der Waals surface area contributed by atoms with Gasteiger partial charge in [0.2, 0.25) is 0 Å². The fraction of sp³-hybridized carbons (Fsp3) is 0. The van der Waals surface area contributed by atoms with Crippen LogP contribution >= 0.6 is 0 Å². The highest BCUT2D eigenvalue weighted by Gasteiger charge is 2.22. The molecule has 22 heavy (non-hydrogen) atoms. The van der Waals surface area contributed by atoms with E-state index in [1.807, 2.05) is 48.5 Å². The summed E-state index contributed by atoms with van der Waals surface area (Å²) in [5, 5.41) is 18.5. The summed E-state index contributed by atoms with van der Waals surface area (Å²) in [6, 6.07) is 18.3. The summed E-state index contributed by atoms with van der Waals surface area (Å²) < 4.78 is 0. The highest BCUT2D eigenvalue weighted by atomic mass is 16.3. The van der Waals surface area contributed by atoms with Crippen LogP contribution in [-0.2, 0) is 0 Å². The van der Waals surface area contributed by atoms with Crippen LogP contribution in [-0.4, -0.2) is 22.1 Å². The molecule has 0 bridgehead atoms. The average Bonchev–Trinajstić information content (AvgIpc) is 2.92. The minimum Gasteiger partial charge on any atom is -0.494 e. The number of rotatable bonds is 4. The van der Waals surface area contributed by atoms with E-state index in [1.165, 1.54) is 0 Å². The second-order valence-corrected chi connectivity index (χ2v) is 4.86. The van der Waals surface area contributed by atoms with Crippen LogP contribution in [0.3, 0.4) is 0 Å². The Morgan fingerprint density at radius 3 is 2.18 bits per heavy atom. The van der Waals surface area contributed by atoms with E-state index in [0.717, 1.165) is 5.56 Å². The summed E-state index contributed by atoms with van der Waals surface area (Å²) in [5.74, 6) is -0.171. The number of hydrogen-bond donors (Lipinski definition) is 3. The Morgan fingerprint density at radius 2 is 1.59 bits per heavy atom. The molecule has 0 spiro atoms. The van der Waals surface area contributed by atoms with Crippen LogP contribution in [0.25, 0.3) is 11.3 Å². The van der Waals surface area contributed by atoms with Crippen LogP contribution in [0.5, 0.6) is 5.88 Å². The molecule has 3 N–H and O–H groups in total. The topological polar surface area (TPSA) is 76.9 Å². The van der Waals surface area contributed by atoms with Crippen LogP contribution in [0.2, 0.25) is 0 Å². The number of aromatic nitrogens is 1. The maximum Gasteiger partial charge on any atom is 0.199 e. The first-order valence-electron chi connectivity index (χ1n) is 6.82. The number of aldehydes is 1. The van der Waals surface area contributed by atoms with Crippen molar-refractivity contribution in [3.8, 4) is 17.1 Å². The van der Waals surface area contributed by atoms with Gasteiger partial charge >= 0.3 is 0 Å². The molecule has 0 aliphatic carbocycles. The molecule has 0 saturated carbocycles. The molecule has 2 aromatic carbocycles. The predicted molar refractivity (Wildman–Crippen MR) is 85.7 cm³/mol. The molecule has 3 aromatic rings. The molecular formula is C18H14N2O2. The smallest absolute Gasteiger partial charge is 0.199 e. The largest absolute Gasteiger partial charge is 0.494 e. The zero-order chi connectivity index (χ0) is 15.5. The maximum absolute atomic E-state index is 11.5. The summed E-state index contributed by atoms with van der Waals surface area (Å²) >= 11 is 0. The Labute approximate surface area is 127 Å². The van der Waals surface area contributed by atoms with Gasteiger partial charge in [-0.1, -0.05) is 60.7 Å². The van der Waals surface area contributed by atoms with Crippen molar-refractivity contribution in [1.82, 2.24) is 4.98 Å². The molecule has 1 heterocycles. The Morgan fingerprint density at radius 1 is 1.00 bits per heavy atom. The first kappa shape index (κ1) is 13.8. The Balaban J connectivity index is 2.16. The zero-order valence-corrected chi connectivity index (χ0v) is 11.7. The lowest BCUT2D eigenvalue weighted by atomic mass is 9.98. The van der Waals surface area contributed by atoms with Gasteiger partial charge in [-0.25, -0.2) is 0 Å². The minimum absolute atomic E-state index is 0.110. The van der Waals surface area contributed by atoms with Gasteiger partial charge in [0.15, 0.2) is 12.2 Å². The van der Waals surface area contributed by atoms with E-state index in [2.05, 4.69) is 4.98 Å². The molecule has 0 amide bonds. The number of carbonyl (C=O) groups excluding carboxylic acids is 1. The maximum atomic E-state index is 11.5. The van der Waals surface area contributed by atoms with Crippen LogP contribution in [0.4, 0.5) is 0 Å². The summed E-state index contributed by atoms with van der Waals surface area (Å²) in [7, 11) is 0. The van der Waals surface area contributed by atoms with Crippen LogP contribution in [0.1, 0.15) is 21.5 Å². The Bertz CT molecular complexity index is 821. The Kier molecular flexibility index (Phi) is 3.58. The fourth-order valence-corrected chi connectivity index (χ4v) is 2.45. The van der Waals surface area contributed by atoms with Gasteiger partial charge in [-0.2, -0.15) is 0 Å². The van der Waals surface area contributed by atoms with E-state index in [1.54, 1.807) is 12.1 Å². The Hall–Kier alpha value is -3.14. The minimum atomic E-state index is -0.171. The van der Waals surface area contributed by atoms with Crippen molar-refractivity contribution >= 4 is 12.0 Å². The van der Waals surface area contributed by atoms with E-state index in [9.17, 15) is 9.90 Å². The molecule has 0 fully saturated rings. The van der Waals surface area contributed by atoms with Crippen LogP contribution in [0, 0.1) is 5.41 Å². The van der Waals surface area contributed by atoms with Crippen molar-refractivity contribution in [2.45, 2.75) is 0 Å². The second-order valence-electron chi connectivity index (χ2n) is 4.86. The highest BCUT2D eigenvalue weighted by molar-refractivity contribution is 6.17. The van der Waals surface area contributed by atoms with Crippen molar-refractivity contribution in [3.05, 3.63) is 77.4 Å². The molecular weight excluding hydrogens is 276 g/mol. The fourth-order valence-electron chi connectivity index (χ4n) is 2.45. The summed E-state index contributed by atoms with van der Waals surface area (Å²) in [6.07, 6.45) is 0.672. The number of carbonyl (C=O) groups is 1. The summed E-state index contributed by atoms with van der Waals surface area (Å²) in [4.78, 5) is 14.4. The highest BCUT2D eigenvalue weighted by Crippen LogP contribution is 2.32. The third-order valence-electron chi connectivity index (χ3n) is 3.51. The van der Waals surface area contributed by atoms with E-state index in [4.69, 9.17) is 5.41 Å². The normalized spacial score (nSPS) is 10.4. The average molecular weight is 290 g/mol. The molecule has 0 aliphatic rings. The zero-order valence-electron chi connectivity index (χ0n) is 11.7. The van der Waals surface area contributed by atoms with Gasteiger partial charge in [0, 0.05) is 5.56 Å². The SMILES string of the molecule is N=C(c1ccccc1)c1c(O)[nH]c(-c2ccccc2)c1C=O. The third-order valence-corrected chi connectivity index (χ3v) is 3.51. The third kappa shape index (κ3) is 2.31. The van der Waals surface area contributed by atoms with E-state index < -0.39 is 0 Å². The molecule has 0 unspecified atom stereocenters. The van der Waals surface area contributed by atoms with Crippen molar-refractivity contribution in [2.75, 3.05) is 0 Å². The van der Waals surface area contributed by atoms with Gasteiger partial charge in [0.25, 0.3) is 0 Å². The molecule has 4 nitrogen and oxygen atoms in total. The molecule has 0 saturated heterocycles. The van der Waals surface area contributed by atoms with E-state index >= 15 is 0 Å². The molecule has 0 aliphatic heterocycles. The standard InChI is InChI=1S/C18H14N2O2/c19-16(12-7-3-1-4-8-12)15-14(11-21)17(20-18(15)22)13-9-5-2-6-10-13/h1-11,19-20,22H. The van der Waals surface area contributed by atoms with Crippen molar-refractivity contribution in [2.24, 2.45) is 0 Å². The molecule has 4 heteroatoms. The number of H-pyrrole nitrogens is 1. The lowest BCUT2D eigenvalue weighted by molar-refractivity contribution is 0.112. The number of nitrogens with one attached hydrogen (secondary N) is 2. The molecule has 3 rings (SSSR count). The van der Waals surface area contributed by atoms with Gasteiger partial charge in [-0.05, 0) is 5.56 Å². The summed E-state index contributed by atoms with van der Waals surface area (Å²) in [5.41, 5.74) is 2.56.